The van der Waals surface area contributed by atoms with Crippen molar-refractivity contribution in [3.63, 3.8) is 0 Å². The number of allylic oxidation sites excluding steroid dienone is 2. The second-order valence-electron chi connectivity index (χ2n) is 6.25. The van der Waals surface area contributed by atoms with Crippen LogP contribution in [-0.2, 0) is 0 Å². The molecule has 0 N–H and O–H groups in total. The average molecular weight is 287 g/mol. The monoisotopic (exact) mass is 287 g/mol. The molecule has 4 nitrogen and oxygen atoms in total. The van der Waals surface area contributed by atoms with Gasteiger partial charge in [0.05, 0.1) is 12.0 Å². The molecule has 0 unspecified atom stereocenters. The fourth-order valence-electron chi connectivity index (χ4n) is 3.77. The standard InChI is InChI=1S/C17H25N3O/c1-4-18-16-14-10-12-8-6-5-7-9-13(12)11-15(14)19(2)17(21)20(16)3/h10-11,14-15H,4-9H2,1-3H3/t14-,15+/m1/s1. The number of carbonyl (C=O) groups excluding carboxylic acids is 1. The van der Waals surface area contributed by atoms with E-state index in [1.165, 1.54) is 36.8 Å². The highest BCUT2D eigenvalue weighted by atomic mass is 16.2. The van der Waals surface area contributed by atoms with Gasteiger partial charge in [-0.05, 0) is 43.8 Å². The van der Waals surface area contributed by atoms with Crippen molar-refractivity contribution in [1.29, 1.82) is 0 Å². The van der Waals surface area contributed by atoms with Gasteiger partial charge in [-0.3, -0.25) is 9.89 Å². The van der Waals surface area contributed by atoms with Crippen molar-refractivity contribution >= 4 is 11.9 Å². The minimum absolute atomic E-state index is 0.0470. The van der Waals surface area contributed by atoms with Crippen LogP contribution < -0.4 is 0 Å². The molecule has 114 valence electrons. The molecule has 21 heavy (non-hydrogen) atoms. The summed E-state index contributed by atoms with van der Waals surface area (Å²) in [6.45, 7) is 2.75. The molecule has 0 aromatic heterocycles. The molecular weight excluding hydrogens is 262 g/mol. The lowest BCUT2D eigenvalue weighted by atomic mass is 9.82. The molecule has 1 saturated carbocycles. The van der Waals surface area contributed by atoms with Gasteiger partial charge in [-0.25, -0.2) is 4.79 Å². The third-order valence-electron chi connectivity index (χ3n) is 4.92. The zero-order chi connectivity index (χ0) is 15.0. The smallest absolute Gasteiger partial charge is 0.320 e. The molecule has 0 spiro atoms. The molecule has 3 aliphatic rings. The largest absolute Gasteiger partial charge is 0.325 e. The fraction of sp³-hybridized carbons (Fsp3) is 0.647. The van der Waals surface area contributed by atoms with Gasteiger partial charge in [0.15, 0.2) is 0 Å². The van der Waals surface area contributed by atoms with E-state index in [2.05, 4.69) is 17.1 Å². The Morgan fingerprint density at radius 3 is 2.48 bits per heavy atom. The van der Waals surface area contributed by atoms with Crippen molar-refractivity contribution in [2.75, 3.05) is 20.6 Å². The van der Waals surface area contributed by atoms with E-state index in [-0.39, 0.29) is 18.0 Å². The molecule has 1 heterocycles. The Bertz CT molecular complexity index is 532. The lowest BCUT2D eigenvalue weighted by molar-refractivity contribution is 0.163. The van der Waals surface area contributed by atoms with Gasteiger partial charge in [0.1, 0.15) is 5.84 Å². The maximum absolute atomic E-state index is 12.4. The summed E-state index contributed by atoms with van der Waals surface area (Å²) in [6.07, 6.45) is 10.9. The fourth-order valence-corrected chi connectivity index (χ4v) is 3.77. The first kappa shape index (κ1) is 14.4. The quantitative estimate of drug-likeness (QED) is 0.729. The van der Waals surface area contributed by atoms with Crippen LogP contribution in [0.5, 0.6) is 0 Å². The Morgan fingerprint density at radius 2 is 1.81 bits per heavy atom. The van der Waals surface area contributed by atoms with Crippen molar-refractivity contribution in [3.05, 3.63) is 23.3 Å². The summed E-state index contributed by atoms with van der Waals surface area (Å²) in [5.74, 6) is 1.15. The van der Waals surface area contributed by atoms with Crippen LogP contribution in [0.4, 0.5) is 4.79 Å². The number of amides is 2. The van der Waals surface area contributed by atoms with E-state index >= 15 is 0 Å². The number of likely N-dealkylation sites (N-methyl/N-ethyl adjacent to an activating group) is 1. The summed E-state index contributed by atoms with van der Waals surface area (Å²) < 4.78 is 0. The molecular formula is C17H25N3O. The lowest BCUT2D eigenvalue weighted by Gasteiger charge is -2.44. The number of amidine groups is 1. The number of carbonyl (C=O) groups is 1. The molecule has 2 fully saturated rings. The van der Waals surface area contributed by atoms with Crippen LogP contribution in [0.2, 0.25) is 0 Å². The minimum atomic E-state index is 0.0470. The van der Waals surface area contributed by atoms with Crippen molar-refractivity contribution < 1.29 is 4.79 Å². The van der Waals surface area contributed by atoms with Crippen LogP contribution in [0.25, 0.3) is 0 Å². The predicted molar refractivity (Wildman–Crippen MR) is 85.4 cm³/mol. The van der Waals surface area contributed by atoms with Crippen molar-refractivity contribution in [3.8, 4) is 0 Å². The molecule has 2 aliphatic carbocycles. The Balaban J connectivity index is 2.02. The number of rotatable bonds is 1. The minimum Gasteiger partial charge on any atom is -0.320 e. The van der Waals surface area contributed by atoms with Gasteiger partial charge in [-0.15, -0.1) is 0 Å². The van der Waals surface area contributed by atoms with Gasteiger partial charge >= 0.3 is 6.03 Å². The molecule has 0 aromatic carbocycles. The summed E-state index contributed by atoms with van der Waals surface area (Å²) in [4.78, 5) is 20.6. The highest BCUT2D eigenvalue weighted by Gasteiger charge is 2.41. The first-order chi connectivity index (χ1) is 10.1. The van der Waals surface area contributed by atoms with Gasteiger partial charge in [0, 0.05) is 20.6 Å². The second kappa shape index (κ2) is 5.66. The first-order valence-electron chi connectivity index (χ1n) is 8.10. The maximum Gasteiger partial charge on any atom is 0.325 e. The van der Waals surface area contributed by atoms with Gasteiger partial charge in [-0.2, -0.15) is 0 Å². The van der Waals surface area contributed by atoms with Gasteiger partial charge in [-0.1, -0.05) is 18.6 Å². The van der Waals surface area contributed by atoms with Crippen LogP contribution in [0.15, 0.2) is 28.3 Å². The van der Waals surface area contributed by atoms with Crippen molar-refractivity contribution in [1.82, 2.24) is 9.80 Å². The summed E-state index contributed by atoms with van der Waals surface area (Å²) in [6, 6.07) is 0.182. The molecule has 2 amide bonds. The molecule has 0 radical (unpaired) electrons. The Hall–Kier alpha value is -1.58. The predicted octanol–water partition coefficient (Wildman–Crippen LogP) is 3.22. The van der Waals surface area contributed by atoms with Crippen LogP contribution >= 0.6 is 0 Å². The van der Waals surface area contributed by atoms with E-state index < -0.39 is 0 Å². The van der Waals surface area contributed by atoms with E-state index in [0.717, 1.165) is 18.8 Å². The molecule has 1 saturated heterocycles. The van der Waals surface area contributed by atoms with Gasteiger partial charge in [0.2, 0.25) is 0 Å². The SMILES string of the molecule is CCN=C1[C@@H]2C=C3CCCCCC3=C[C@@H]2N(C)C(=O)N1C. The summed E-state index contributed by atoms with van der Waals surface area (Å²) in [5.41, 5.74) is 2.96. The Morgan fingerprint density at radius 1 is 1.14 bits per heavy atom. The van der Waals surface area contributed by atoms with Crippen molar-refractivity contribution in [2.24, 2.45) is 10.9 Å². The van der Waals surface area contributed by atoms with Crippen molar-refractivity contribution in [2.45, 2.75) is 45.1 Å². The van der Waals surface area contributed by atoms with Crippen LogP contribution in [-0.4, -0.2) is 48.3 Å². The average Bonchev–Trinajstić information content (AvgIpc) is 2.72. The first-order valence-corrected chi connectivity index (χ1v) is 8.10. The third kappa shape index (κ3) is 2.41. The number of hydrogen-bond acceptors (Lipinski definition) is 2. The van der Waals surface area contributed by atoms with Crippen LogP contribution in [0.1, 0.15) is 39.0 Å². The van der Waals surface area contributed by atoms with E-state index in [0.29, 0.717) is 0 Å². The zero-order valence-corrected chi connectivity index (χ0v) is 13.3. The number of nitrogens with zero attached hydrogens (tertiary/aromatic N) is 3. The highest BCUT2D eigenvalue weighted by molar-refractivity contribution is 6.02. The van der Waals surface area contributed by atoms with E-state index in [9.17, 15) is 4.79 Å². The summed E-state index contributed by atoms with van der Waals surface area (Å²) >= 11 is 0. The zero-order valence-electron chi connectivity index (χ0n) is 13.3. The number of fused-ring (bicyclic) bond motifs is 2. The molecule has 1 aliphatic heterocycles. The van der Waals surface area contributed by atoms with Gasteiger partial charge < -0.3 is 4.90 Å². The topological polar surface area (TPSA) is 35.9 Å². The van der Waals surface area contributed by atoms with Gasteiger partial charge in [0.25, 0.3) is 0 Å². The molecule has 4 heteroatoms. The molecule has 2 atom stereocenters. The number of hydrogen-bond donors (Lipinski definition) is 0. The van der Waals surface area contributed by atoms with Crippen LogP contribution in [0.3, 0.4) is 0 Å². The molecule has 0 aromatic rings. The normalized spacial score (nSPS) is 31.4. The van der Waals surface area contributed by atoms with E-state index in [4.69, 9.17) is 0 Å². The Kier molecular flexibility index (Phi) is 3.87. The highest BCUT2D eigenvalue weighted by Crippen LogP contribution is 2.37. The lowest BCUT2D eigenvalue weighted by Crippen LogP contribution is -2.58. The molecule has 0 bridgehead atoms. The van der Waals surface area contributed by atoms with E-state index in [1.807, 2.05) is 25.9 Å². The third-order valence-corrected chi connectivity index (χ3v) is 4.92. The second-order valence-corrected chi connectivity index (χ2v) is 6.25. The maximum atomic E-state index is 12.4. The van der Waals surface area contributed by atoms with Crippen LogP contribution in [0, 0.1) is 5.92 Å². The molecule has 3 rings (SSSR count). The van der Waals surface area contributed by atoms with E-state index in [1.54, 1.807) is 4.90 Å². The number of aliphatic imine (C=N–C) groups is 1. The number of urea groups is 1. The Labute approximate surface area is 127 Å². The summed E-state index contributed by atoms with van der Waals surface area (Å²) in [7, 11) is 3.75. The summed E-state index contributed by atoms with van der Waals surface area (Å²) in [5, 5.41) is 0.